The lowest BCUT2D eigenvalue weighted by molar-refractivity contribution is 0.446. The number of nitrogens with one attached hydrogen (secondary N) is 1. The van der Waals surface area contributed by atoms with Gasteiger partial charge in [0, 0.05) is 13.3 Å². The van der Waals surface area contributed by atoms with Gasteiger partial charge in [0.15, 0.2) is 0 Å². The molecule has 0 aliphatic heterocycles. The second-order valence-electron chi connectivity index (χ2n) is 2.22. The molecule has 1 rings (SSSR count). The van der Waals surface area contributed by atoms with Crippen LogP contribution >= 0.6 is 0 Å². The van der Waals surface area contributed by atoms with Gasteiger partial charge in [-0.3, -0.25) is 0 Å². The summed E-state index contributed by atoms with van der Waals surface area (Å²) >= 11 is 0. The van der Waals surface area contributed by atoms with E-state index in [1.165, 1.54) is 13.2 Å². The number of anilines is 1. The predicted octanol–water partition coefficient (Wildman–Crippen LogP) is 0.983. The van der Waals surface area contributed by atoms with Crippen molar-refractivity contribution in [1.29, 1.82) is 0 Å². The fraction of sp³-hybridized carbons (Fsp3) is 0.286. The van der Waals surface area contributed by atoms with Crippen LogP contribution in [0.25, 0.3) is 0 Å². The summed E-state index contributed by atoms with van der Waals surface area (Å²) in [5, 5.41) is 2.88. The van der Waals surface area contributed by atoms with E-state index >= 15 is 0 Å². The summed E-state index contributed by atoms with van der Waals surface area (Å²) in [6, 6.07) is 3.88. The Balaban J connectivity index is 2.56. The summed E-state index contributed by atoms with van der Waals surface area (Å²) in [5.41, 5.74) is 1.17. The molecule has 0 aliphatic carbocycles. The highest BCUT2D eigenvalue weighted by Crippen LogP contribution is 2.03. The van der Waals surface area contributed by atoms with Crippen molar-refractivity contribution in [1.82, 2.24) is 4.98 Å². The van der Waals surface area contributed by atoms with Crippen LogP contribution in [-0.2, 0) is 4.65 Å². The fourth-order valence-electron chi connectivity index (χ4n) is 0.734. The molecule has 1 aromatic heterocycles. The molecule has 0 aliphatic rings. The van der Waals surface area contributed by atoms with Crippen LogP contribution in [-0.4, -0.2) is 19.7 Å². The van der Waals surface area contributed by atoms with Crippen LogP contribution in [0.4, 0.5) is 5.82 Å². The van der Waals surface area contributed by atoms with Crippen LogP contribution in [0.3, 0.4) is 0 Å². The summed E-state index contributed by atoms with van der Waals surface area (Å²) in [6.07, 6.45) is 1.75. The number of hydrogen-bond donors (Lipinski definition) is 1. The number of hydrogen-bond acceptors (Lipinski definition) is 3. The Morgan fingerprint density at radius 3 is 3.09 bits per heavy atom. The number of aromatic nitrogens is 1. The molecule has 0 atom stereocenters. The third-order valence-corrected chi connectivity index (χ3v) is 1.24. The van der Waals surface area contributed by atoms with Crippen molar-refractivity contribution < 1.29 is 4.65 Å². The molecule has 0 saturated heterocycles. The predicted molar refractivity (Wildman–Crippen MR) is 45.4 cm³/mol. The zero-order valence-corrected chi connectivity index (χ0v) is 6.66. The molecule has 0 amide bonds. The third kappa shape index (κ3) is 2.59. The molecule has 3 nitrogen and oxygen atoms in total. The average molecular weight is 149 g/mol. The molecular formula is C7H10BN2O. The van der Waals surface area contributed by atoms with Gasteiger partial charge in [-0.2, -0.15) is 0 Å². The number of rotatable bonds is 3. The zero-order chi connectivity index (χ0) is 8.10. The van der Waals surface area contributed by atoms with Crippen molar-refractivity contribution >= 4 is 13.4 Å². The van der Waals surface area contributed by atoms with E-state index < -0.39 is 0 Å². The molecule has 1 aromatic rings. The van der Waals surface area contributed by atoms with E-state index in [-0.39, 0.29) is 0 Å². The monoisotopic (exact) mass is 149 g/mol. The highest BCUT2D eigenvalue weighted by atomic mass is 16.4. The second kappa shape index (κ2) is 3.98. The topological polar surface area (TPSA) is 34.1 Å². The molecule has 0 fully saturated rings. The zero-order valence-electron chi connectivity index (χ0n) is 6.66. The standard InChI is InChI=1S/C7H10BN2O/c1-6-3-4-9-7(5-6)10-8-11-2/h3-5H,1-2H3,(H,9,10). The van der Waals surface area contributed by atoms with Crippen LogP contribution in [0.2, 0.25) is 0 Å². The third-order valence-electron chi connectivity index (χ3n) is 1.24. The smallest absolute Gasteiger partial charge is 0.422 e. The SMILES string of the molecule is CO[B]Nc1cc(C)ccn1. The van der Waals surface area contributed by atoms with Crippen molar-refractivity contribution in [3.63, 3.8) is 0 Å². The van der Waals surface area contributed by atoms with E-state index in [2.05, 4.69) is 10.2 Å². The highest BCUT2D eigenvalue weighted by Gasteiger charge is 1.93. The normalized spacial score (nSPS) is 9.27. The van der Waals surface area contributed by atoms with Crippen LogP contribution in [0.5, 0.6) is 0 Å². The van der Waals surface area contributed by atoms with E-state index in [4.69, 9.17) is 4.65 Å². The van der Waals surface area contributed by atoms with Gasteiger partial charge in [0.25, 0.3) is 0 Å². The average Bonchev–Trinajstić information content (AvgIpc) is 2.01. The van der Waals surface area contributed by atoms with Crippen LogP contribution < -0.4 is 5.23 Å². The highest BCUT2D eigenvalue weighted by molar-refractivity contribution is 6.32. The number of pyridine rings is 1. The fourth-order valence-corrected chi connectivity index (χ4v) is 0.734. The Labute approximate surface area is 67.1 Å². The second-order valence-corrected chi connectivity index (χ2v) is 2.22. The van der Waals surface area contributed by atoms with Gasteiger partial charge in [-0.05, 0) is 24.6 Å². The van der Waals surface area contributed by atoms with Crippen LogP contribution in [0.1, 0.15) is 5.56 Å². The first-order chi connectivity index (χ1) is 5.33. The lowest BCUT2D eigenvalue weighted by Gasteiger charge is -2.01. The van der Waals surface area contributed by atoms with Gasteiger partial charge in [-0.1, -0.05) is 0 Å². The van der Waals surface area contributed by atoms with Crippen molar-refractivity contribution in [2.75, 3.05) is 12.3 Å². The van der Waals surface area contributed by atoms with Crippen LogP contribution in [0, 0.1) is 6.92 Å². The molecule has 0 aromatic carbocycles. The van der Waals surface area contributed by atoms with Crippen molar-refractivity contribution in [2.45, 2.75) is 6.92 Å². The van der Waals surface area contributed by atoms with E-state index in [0.717, 1.165) is 5.82 Å². The summed E-state index contributed by atoms with van der Waals surface area (Å²) in [6.45, 7) is 2.01. The Morgan fingerprint density at radius 1 is 1.64 bits per heavy atom. The minimum Gasteiger partial charge on any atom is -0.422 e. The van der Waals surface area contributed by atoms with E-state index in [0.29, 0.717) is 0 Å². The molecule has 1 N–H and O–H groups in total. The quantitative estimate of drug-likeness (QED) is 0.650. The molecule has 1 radical (unpaired) electrons. The van der Waals surface area contributed by atoms with Crippen LogP contribution in [0.15, 0.2) is 18.3 Å². The van der Waals surface area contributed by atoms with E-state index in [1.54, 1.807) is 13.3 Å². The summed E-state index contributed by atoms with van der Waals surface area (Å²) in [5.74, 6) is 0.798. The number of aryl methyl sites for hydroxylation is 1. The maximum atomic E-state index is 4.71. The molecule has 11 heavy (non-hydrogen) atoms. The van der Waals surface area contributed by atoms with Gasteiger partial charge < -0.3 is 9.88 Å². The minimum atomic E-state index is 0.798. The summed E-state index contributed by atoms with van der Waals surface area (Å²) < 4.78 is 4.71. The van der Waals surface area contributed by atoms with Crippen molar-refractivity contribution in [3.8, 4) is 0 Å². The molecule has 1 heterocycles. The first-order valence-corrected chi connectivity index (χ1v) is 3.36. The van der Waals surface area contributed by atoms with Gasteiger partial charge in [-0.25, -0.2) is 4.98 Å². The Kier molecular flexibility index (Phi) is 2.92. The molecular weight excluding hydrogens is 139 g/mol. The van der Waals surface area contributed by atoms with Gasteiger partial charge in [0.2, 0.25) is 0 Å². The summed E-state index contributed by atoms with van der Waals surface area (Å²) in [4.78, 5) is 4.05. The number of nitrogens with zero attached hydrogens (tertiary/aromatic N) is 1. The van der Waals surface area contributed by atoms with E-state index in [9.17, 15) is 0 Å². The summed E-state index contributed by atoms with van der Waals surface area (Å²) in [7, 11) is 3.07. The van der Waals surface area contributed by atoms with Crippen molar-refractivity contribution in [2.24, 2.45) is 0 Å². The Hall–Kier alpha value is -1.03. The molecule has 4 heteroatoms. The van der Waals surface area contributed by atoms with Crippen molar-refractivity contribution in [3.05, 3.63) is 23.9 Å². The lowest BCUT2D eigenvalue weighted by Crippen LogP contribution is -2.09. The maximum absolute atomic E-state index is 4.71. The molecule has 57 valence electrons. The minimum absolute atomic E-state index is 0.798. The molecule has 0 spiro atoms. The first-order valence-electron chi connectivity index (χ1n) is 3.36. The van der Waals surface area contributed by atoms with Gasteiger partial charge in [0.1, 0.15) is 5.82 Å². The Bertz CT molecular complexity index is 229. The van der Waals surface area contributed by atoms with Gasteiger partial charge in [0.05, 0.1) is 0 Å². The van der Waals surface area contributed by atoms with Gasteiger partial charge >= 0.3 is 7.62 Å². The molecule has 0 unspecified atom stereocenters. The van der Waals surface area contributed by atoms with E-state index in [1.807, 2.05) is 19.1 Å². The maximum Gasteiger partial charge on any atom is 0.437 e. The molecule has 0 bridgehead atoms. The largest absolute Gasteiger partial charge is 0.437 e. The van der Waals surface area contributed by atoms with Gasteiger partial charge in [-0.15, -0.1) is 0 Å². The first kappa shape index (κ1) is 8.08. The molecule has 0 saturated carbocycles. The Morgan fingerprint density at radius 2 is 2.45 bits per heavy atom. The lowest BCUT2D eigenvalue weighted by atomic mass is 10.2.